The molecule has 0 saturated carbocycles. The number of nitrogens with one attached hydrogen (secondary N) is 2. The molecule has 2 aromatic rings. The van der Waals surface area contributed by atoms with Gasteiger partial charge in [0.25, 0.3) is 4.96 Å². The number of imidazole rings is 1. The summed E-state index contributed by atoms with van der Waals surface area (Å²) in [5, 5.41) is 18.3. The van der Waals surface area contributed by atoms with Crippen LogP contribution in [0.1, 0.15) is 6.92 Å². The van der Waals surface area contributed by atoms with Crippen LogP contribution in [0, 0.1) is 10.1 Å². The smallest absolute Gasteiger partial charge is 0.372 e. The molecule has 0 aliphatic carbocycles. The molecule has 2 rings (SSSR count). The second-order valence-electron chi connectivity index (χ2n) is 4.25. The molecule has 0 saturated heterocycles. The summed E-state index contributed by atoms with van der Waals surface area (Å²) in [6, 6.07) is -0.648. The van der Waals surface area contributed by atoms with Crippen molar-refractivity contribution in [2.24, 2.45) is 0 Å². The zero-order valence-corrected chi connectivity index (χ0v) is 12.3. The first-order valence-corrected chi connectivity index (χ1v) is 7.05. The molecule has 0 radical (unpaired) electrons. The molecule has 1 amide bonds. The van der Waals surface area contributed by atoms with Crippen LogP contribution in [0.3, 0.4) is 0 Å². The summed E-state index contributed by atoms with van der Waals surface area (Å²) in [5.41, 5.74) is 0. The van der Waals surface area contributed by atoms with E-state index in [0.29, 0.717) is 18.1 Å². The molecule has 0 aliphatic rings. The molecular formula is C11H15N5O4S. The minimum absolute atomic E-state index is 0.0845. The lowest BCUT2D eigenvalue weighted by molar-refractivity contribution is -0.389. The average Bonchev–Trinajstić information content (AvgIpc) is 2.98. The first-order chi connectivity index (χ1) is 10.0. The maximum Gasteiger partial charge on any atom is 0.372 e. The predicted molar refractivity (Wildman–Crippen MR) is 77.7 cm³/mol. The molecule has 0 spiro atoms. The Kier molecular flexibility index (Phi) is 4.70. The predicted octanol–water partition coefficient (Wildman–Crippen LogP) is 0.867. The highest BCUT2D eigenvalue weighted by Crippen LogP contribution is 2.28. The summed E-state index contributed by atoms with van der Waals surface area (Å²) in [6.07, 6.45) is 1.57. The first-order valence-electron chi connectivity index (χ1n) is 6.17. The van der Waals surface area contributed by atoms with Gasteiger partial charge in [0.05, 0.1) is 6.61 Å². The number of rotatable bonds is 7. The van der Waals surface area contributed by atoms with Crippen LogP contribution in [0.4, 0.5) is 11.6 Å². The van der Waals surface area contributed by atoms with Crippen LogP contribution >= 0.6 is 11.3 Å². The van der Waals surface area contributed by atoms with E-state index in [1.54, 1.807) is 18.5 Å². The van der Waals surface area contributed by atoms with Crippen LogP contribution in [0.25, 0.3) is 4.96 Å². The van der Waals surface area contributed by atoms with Gasteiger partial charge in [0.2, 0.25) is 11.7 Å². The molecule has 114 valence electrons. The van der Waals surface area contributed by atoms with Gasteiger partial charge in [-0.2, -0.15) is 9.38 Å². The summed E-state index contributed by atoms with van der Waals surface area (Å²) < 4.78 is 6.21. The number of nitrogens with zero attached hydrogens (tertiary/aromatic N) is 3. The van der Waals surface area contributed by atoms with Gasteiger partial charge in [0.15, 0.2) is 0 Å². The lowest BCUT2D eigenvalue weighted by Crippen LogP contribution is -2.39. The van der Waals surface area contributed by atoms with Crippen LogP contribution in [0.15, 0.2) is 11.6 Å². The molecular weight excluding hydrogens is 298 g/mol. The van der Waals surface area contributed by atoms with E-state index in [9.17, 15) is 14.9 Å². The van der Waals surface area contributed by atoms with Gasteiger partial charge in [0, 0.05) is 19.0 Å². The molecule has 21 heavy (non-hydrogen) atoms. The van der Waals surface area contributed by atoms with Crippen molar-refractivity contribution < 1.29 is 14.5 Å². The highest BCUT2D eigenvalue weighted by Gasteiger charge is 2.26. The van der Waals surface area contributed by atoms with Crippen molar-refractivity contribution >= 4 is 33.8 Å². The second kappa shape index (κ2) is 6.50. The minimum atomic E-state index is -0.648. The zero-order valence-electron chi connectivity index (χ0n) is 11.5. The van der Waals surface area contributed by atoms with E-state index >= 15 is 0 Å². The standard InChI is InChI=1S/C11H15N5O4S/c1-7(9(17)12-3-5-20-2)13-8-10(16(18)19)15-4-6-21-11(15)14-8/h4,6-7,13H,3,5H2,1-2H3,(H,12,17). The second-order valence-corrected chi connectivity index (χ2v) is 5.12. The minimum Gasteiger partial charge on any atom is -0.383 e. The molecule has 0 fully saturated rings. The SMILES string of the molecule is COCCNC(=O)C(C)Nc1nc2sccn2c1[N+](=O)[O-]. The lowest BCUT2D eigenvalue weighted by Gasteiger charge is -2.13. The van der Waals surface area contributed by atoms with E-state index < -0.39 is 11.0 Å². The summed E-state index contributed by atoms with van der Waals surface area (Å²) in [7, 11) is 1.54. The number of hydrogen-bond donors (Lipinski definition) is 2. The molecule has 0 aliphatic heterocycles. The van der Waals surface area contributed by atoms with E-state index in [2.05, 4.69) is 15.6 Å². The summed E-state index contributed by atoms with van der Waals surface area (Å²) >= 11 is 1.28. The largest absolute Gasteiger partial charge is 0.383 e. The number of carbonyl (C=O) groups excluding carboxylic acids is 1. The van der Waals surface area contributed by atoms with Crippen molar-refractivity contribution in [1.82, 2.24) is 14.7 Å². The number of amides is 1. The number of anilines is 1. The Morgan fingerprint density at radius 3 is 3.10 bits per heavy atom. The maximum atomic E-state index is 11.8. The Hall–Kier alpha value is -2.20. The average molecular weight is 313 g/mol. The maximum absolute atomic E-state index is 11.8. The van der Waals surface area contributed by atoms with Crippen molar-refractivity contribution in [3.63, 3.8) is 0 Å². The number of carbonyl (C=O) groups is 1. The third kappa shape index (κ3) is 3.28. The molecule has 2 aromatic heterocycles. The fourth-order valence-electron chi connectivity index (χ4n) is 1.75. The molecule has 1 unspecified atom stereocenters. The van der Waals surface area contributed by atoms with E-state index in [4.69, 9.17) is 4.74 Å². The van der Waals surface area contributed by atoms with Crippen molar-refractivity contribution in [1.29, 1.82) is 0 Å². The van der Waals surface area contributed by atoms with Gasteiger partial charge < -0.3 is 25.5 Å². The number of thiazole rings is 1. The summed E-state index contributed by atoms with van der Waals surface area (Å²) in [6.45, 7) is 2.39. The van der Waals surface area contributed by atoms with Crippen molar-refractivity contribution in [2.75, 3.05) is 25.6 Å². The Labute approximate surface area is 124 Å². The number of fused-ring (bicyclic) bond motifs is 1. The van der Waals surface area contributed by atoms with Crippen LogP contribution in [0.5, 0.6) is 0 Å². The summed E-state index contributed by atoms with van der Waals surface area (Å²) in [4.78, 5) is 27.1. The zero-order chi connectivity index (χ0) is 15.4. The van der Waals surface area contributed by atoms with E-state index in [0.717, 1.165) is 0 Å². The Bertz CT molecular complexity index is 652. The van der Waals surface area contributed by atoms with E-state index in [1.807, 2.05) is 0 Å². The monoisotopic (exact) mass is 313 g/mol. The third-order valence-corrected chi connectivity index (χ3v) is 3.52. The fraction of sp³-hybridized carbons (Fsp3) is 0.455. The highest BCUT2D eigenvalue weighted by atomic mass is 32.1. The highest BCUT2D eigenvalue weighted by molar-refractivity contribution is 7.15. The van der Waals surface area contributed by atoms with Crippen molar-refractivity contribution in [3.8, 4) is 0 Å². The molecule has 0 bridgehead atoms. The van der Waals surface area contributed by atoms with Gasteiger partial charge >= 0.3 is 5.82 Å². The number of methoxy groups -OCH3 is 1. The van der Waals surface area contributed by atoms with E-state index in [1.165, 1.54) is 22.8 Å². The van der Waals surface area contributed by atoms with Crippen molar-refractivity contribution in [2.45, 2.75) is 13.0 Å². The van der Waals surface area contributed by atoms with Gasteiger partial charge in [-0.1, -0.05) is 11.3 Å². The lowest BCUT2D eigenvalue weighted by atomic mass is 10.3. The van der Waals surface area contributed by atoms with E-state index in [-0.39, 0.29) is 17.5 Å². The van der Waals surface area contributed by atoms with Gasteiger partial charge in [-0.15, -0.1) is 0 Å². The Morgan fingerprint density at radius 2 is 2.43 bits per heavy atom. The third-order valence-electron chi connectivity index (χ3n) is 2.76. The molecule has 9 nitrogen and oxygen atoms in total. The number of nitro groups is 1. The fourth-order valence-corrected chi connectivity index (χ4v) is 2.45. The van der Waals surface area contributed by atoms with Crippen LogP contribution in [0.2, 0.25) is 0 Å². The van der Waals surface area contributed by atoms with Gasteiger partial charge in [-0.3, -0.25) is 4.79 Å². The molecule has 0 aromatic carbocycles. The van der Waals surface area contributed by atoms with Gasteiger partial charge in [-0.25, -0.2) is 0 Å². The number of hydrogen-bond acceptors (Lipinski definition) is 7. The van der Waals surface area contributed by atoms with Crippen molar-refractivity contribution in [3.05, 3.63) is 21.7 Å². The molecule has 2 N–H and O–H groups in total. The quantitative estimate of drug-likeness (QED) is 0.446. The van der Waals surface area contributed by atoms with Gasteiger partial charge in [0.1, 0.15) is 12.2 Å². The first kappa shape index (κ1) is 15.2. The van der Waals surface area contributed by atoms with Gasteiger partial charge in [-0.05, 0) is 11.8 Å². The van der Waals surface area contributed by atoms with Crippen LogP contribution < -0.4 is 10.6 Å². The topological polar surface area (TPSA) is 111 Å². The Balaban J connectivity index is 2.11. The van der Waals surface area contributed by atoms with Crippen LogP contribution in [-0.2, 0) is 9.53 Å². The number of ether oxygens (including phenoxy) is 1. The summed E-state index contributed by atoms with van der Waals surface area (Å²) in [5.74, 6) is -0.373. The number of aromatic nitrogens is 2. The molecule has 2 heterocycles. The Morgan fingerprint density at radius 1 is 1.67 bits per heavy atom. The molecule has 1 atom stereocenters. The van der Waals surface area contributed by atoms with Crippen LogP contribution in [-0.4, -0.2) is 46.5 Å². The molecule has 10 heteroatoms. The normalized spacial score (nSPS) is 12.3.